The van der Waals surface area contributed by atoms with E-state index in [2.05, 4.69) is 16.3 Å². The van der Waals surface area contributed by atoms with Crippen LogP contribution >= 0.6 is 0 Å². The first-order valence-electron chi connectivity index (χ1n) is 5.32. The van der Waals surface area contributed by atoms with Crippen LogP contribution in [0.5, 0.6) is 0 Å². The van der Waals surface area contributed by atoms with Gasteiger partial charge in [0.1, 0.15) is 6.04 Å². The molecule has 0 aromatic carbocycles. The van der Waals surface area contributed by atoms with Crippen molar-refractivity contribution in [1.82, 2.24) is 21.4 Å². The minimum atomic E-state index is -1.09. The van der Waals surface area contributed by atoms with Crippen molar-refractivity contribution in [3.8, 4) is 0 Å². The monoisotopic (exact) mass is 246 g/mol. The molecule has 0 aromatic heterocycles. The summed E-state index contributed by atoms with van der Waals surface area (Å²) in [5.74, 6) is 4.36. The van der Waals surface area contributed by atoms with Gasteiger partial charge in [-0.25, -0.2) is 4.79 Å². The van der Waals surface area contributed by atoms with Crippen molar-refractivity contribution >= 4 is 12.0 Å². The second-order valence-corrected chi connectivity index (χ2v) is 3.91. The first kappa shape index (κ1) is 13.6. The lowest BCUT2D eigenvalue weighted by Crippen LogP contribution is -2.56. The van der Waals surface area contributed by atoms with E-state index in [1.165, 1.54) is 0 Å². The number of nitrogens with zero attached hydrogens (tertiary/aromatic N) is 1. The number of carbonyl (C=O) groups is 2. The lowest BCUT2D eigenvalue weighted by Gasteiger charge is -2.19. The van der Waals surface area contributed by atoms with Crippen molar-refractivity contribution in [2.45, 2.75) is 31.3 Å². The van der Waals surface area contributed by atoms with Crippen molar-refractivity contribution in [3.05, 3.63) is 0 Å². The summed E-state index contributed by atoms with van der Waals surface area (Å²) < 4.78 is 0. The predicted octanol–water partition coefficient (Wildman–Crippen LogP) is -2.15. The van der Waals surface area contributed by atoms with Crippen LogP contribution in [0.25, 0.3) is 0 Å². The summed E-state index contributed by atoms with van der Waals surface area (Å²) in [5.41, 5.74) is 10.0. The highest BCUT2D eigenvalue weighted by atomic mass is 16.4. The summed E-state index contributed by atoms with van der Waals surface area (Å²) >= 11 is 0. The molecule has 0 bridgehead atoms. The normalized spacial score (nSPS) is 16.6. The topological polar surface area (TPSA) is 146 Å². The Kier molecular flexibility index (Phi) is 5.10. The fourth-order valence-corrected chi connectivity index (χ4v) is 1.03. The Bertz CT molecular complexity index is 282. The molecule has 1 aliphatic rings. The maximum absolute atomic E-state index is 11.2. The van der Waals surface area contributed by atoms with Crippen LogP contribution in [0.1, 0.15) is 19.3 Å². The minimum Gasteiger partial charge on any atom is -0.480 e. The fourth-order valence-electron chi connectivity index (χ4n) is 1.03. The maximum Gasteiger partial charge on any atom is 0.330 e. The van der Waals surface area contributed by atoms with Gasteiger partial charge in [-0.05, 0) is 19.3 Å². The number of rotatable bonds is 7. The molecule has 1 fully saturated rings. The smallest absolute Gasteiger partial charge is 0.330 e. The number of nitrogens with one attached hydrogen (secondary N) is 3. The van der Waals surface area contributed by atoms with E-state index in [9.17, 15) is 9.59 Å². The third-order valence-electron chi connectivity index (χ3n) is 2.22. The third kappa shape index (κ3) is 6.02. The average Bonchev–Trinajstić information content (AvgIpc) is 3.06. The Balaban J connectivity index is 2.05. The zero-order valence-electron chi connectivity index (χ0n) is 9.35. The summed E-state index contributed by atoms with van der Waals surface area (Å²) in [5, 5.41) is 12.3. The maximum atomic E-state index is 11.2. The van der Waals surface area contributed by atoms with Gasteiger partial charge in [0, 0.05) is 12.6 Å². The molecule has 9 nitrogen and oxygen atoms in total. The second kappa shape index (κ2) is 6.35. The number of urea groups is 1. The summed E-state index contributed by atoms with van der Waals surface area (Å²) in [4.78, 5) is 21.6. The number of amides is 2. The van der Waals surface area contributed by atoms with Crippen LogP contribution in [-0.2, 0) is 4.79 Å². The standard InChI is InChI=1S/C8H18N6O3/c9-6(7(15)16)3-4-14(10)13-12-8(17)11-5-1-2-5/h5-6,13H,1-4,9-10H2,(H,15,16)(H2,11,12,17). The fraction of sp³-hybridized carbons (Fsp3) is 0.750. The molecule has 0 aliphatic heterocycles. The molecule has 1 unspecified atom stereocenters. The van der Waals surface area contributed by atoms with E-state index >= 15 is 0 Å². The number of carbonyl (C=O) groups excluding carboxylic acids is 1. The molecule has 9 heteroatoms. The van der Waals surface area contributed by atoms with Crippen LogP contribution < -0.4 is 27.9 Å². The summed E-state index contributed by atoms with van der Waals surface area (Å²) in [7, 11) is 0. The van der Waals surface area contributed by atoms with E-state index in [4.69, 9.17) is 16.7 Å². The molecule has 8 N–H and O–H groups in total. The second-order valence-electron chi connectivity index (χ2n) is 3.91. The van der Waals surface area contributed by atoms with Crippen LogP contribution in [0.15, 0.2) is 0 Å². The molecule has 1 rings (SSSR count). The molecule has 0 aromatic rings. The van der Waals surface area contributed by atoms with Gasteiger partial charge < -0.3 is 16.2 Å². The van der Waals surface area contributed by atoms with Crippen molar-refractivity contribution in [1.29, 1.82) is 0 Å². The van der Waals surface area contributed by atoms with E-state index < -0.39 is 12.0 Å². The van der Waals surface area contributed by atoms with Crippen LogP contribution in [0.3, 0.4) is 0 Å². The van der Waals surface area contributed by atoms with E-state index in [1.54, 1.807) is 0 Å². The number of hydrogen-bond acceptors (Lipinski definition) is 6. The lowest BCUT2D eigenvalue weighted by molar-refractivity contribution is -0.138. The van der Waals surface area contributed by atoms with Gasteiger partial charge in [0.25, 0.3) is 0 Å². The van der Waals surface area contributed by atoms with Crippen LogP contribution in [0.4, 0.5) is 4.79 Å². The number of hydrazine groups is 3. The average molecular weight is 246 g/mol. The van der Waals surface area contributed by atoms with Gasteiger partial charge in [0.15, 0.2) is 0 Å². The van der Waals surface area contributed by atoms with E-state index in [-0.39, 0.29) is 25.0 Å². The molecular formula is C8H18N6O3. The van der Waals surface area contributed by atoms with Gasteiger partial charge in [-0.15, -0.1) is 0 Å². The van der Waals surface area contributed by atoms with Crippen molar-refractivity contribution in [3.63, 3.8) is 0 Å². The van der Waals surface area contributed by atoms with Crippen LogP contribution in [0, 0.1) is 0 Å². The van der Waals surface area contributed by atoms with Gasteiger partial charge in [0.05, 0.1) is 0 Å². The van der Waals surface area contributed by atoms with Crippen LogP contribution in [0.2, 0.25) is 0 Å². The number of hydrogen-bond donors (Lipinski definition) is 6. The molecule has 0 heterocycles. The van der Waals surface area contributed by atoms with E-state index in [1.807, 2.05) is 0 Å². The largest absolute Gasteiger partial charge is 0.480 e. The van der Waals surface area contributed by atoms with E-state index in [0.717, 1.165) is 18.0 Å². The molecule has 0 saturated heterocycles. The third-order valence-corrected chi connectivity index (χ3v) is 2.22. The number of aliphatic carboxylic acids is 1. The molecule has 0 radical (unpaired) electrons. The Morgan fingerprint density at radius 1 is 1.47 bits per heavy atom. The molecule has 17 heavy (non-hydrogen) atoms. The van der Waals surface area contributed by atoms with Crippen LogP contribution in [-0.4, -0.2) is 40.9 Å². The Hall–Kier alpha value is -1.42. The molecule has 2 amide bonds. The molecular weight excluding hydrogens is 228 g/mol. The number of carboxylic acid groups (broad SMARTS) is 1. The summed E-state index contributed by atoms with van der Waals surface area (Å²) in [6.07, 6.45) is 2.16. The van der Waals surface area contributed by atoms with Gasteiger partial charge in [-0.1, -0.05) is 0 Å². The molecule has 0 spiro atoms. The van der Waals surface area contributed by atoms with Gasteiger partial charge in [-0.2, -0.15) is 10.7 Å². The first-order chi connectivity index (χ1) is 7.99. The summed E-state index contributed by atoms with van der Waals surface area (Å²) in [6.45, 7) is 0.192. The van der Waals surface area contributed by atoms with Gasteiger partial charge in [0.2, 0.25) is 0 Å². The quantitative estimate of drug-likeness (QED) is 0.222. The first-order valence-corrected chi connectivity index (χ1v) is 5.32. The number of nitrogens with two attached hydrogens (primary N) is 2. The Morgan fingerprint density at radius 2 is 2.12 bits per heavy atom. The van der Waals surface area contributed by atoms with E-state index in [0.29, 0.717) is 0 Å². The Labute approximate surface area is 98.4 Å². The van der Waals surface area contributed by atoms with Gasteiger partial charge in [-0.3, -0.25) is 16.1 Å². The van der Waals surface area contributed by atoms with Crippen molar-refractivity contribution < 1.29 is 14.7 Å². The van der Waals surface area contributed by atoms with Gasteiger partial charge >= 0.3 is 12.0 Å². The Morgan fingerprint density at radius 3 is 2.65 bits per heavy atom. The number of carboxylic acids is 1. The highest BCUT2D eigenvalue weighted by Gasteiger charge is 2.23. The lowest BCUT2D eigenvalue weighted by atomic mass is 10.2. The molecule has 1 atom stereocenters. The SMILES string of the molecule is NC(CCN(N)NNC(=O)NC1CC1)C(=O)O. The molecule has 98 valence electrons. The summed E-state index contributed by atoms with van der Waals surface area (Å²) in [6, 6.07) is -1.09. The molecule has 1 aliphatic carbocycles. The highest BCUT2D eigenvalue weighted by molar-refractivity contribution is 5.74. The highest BCUT2D eigenvalue weighted by Crippen LogP contribution is 2.17. The minimum absolute atomic E-state index is 0.171. The zero-order valence-corrected chi connectivity index (χ0v) is 9.35. The molecule has 1 saturated carbocycles. The predicted molar refractivity (Wildman–Crippen MR) is 58.9 cm³/mol. The zero-order chi connectivity index (χ0) is 12.8. The van der Waals surface area contributed by atoms with Crippen molar-refractivity contribution in [2.75, 3.05) is 6.54 Å². The van der Waals surface area contributed by atoms with Crippen molar-refractivity contribution in [2.24, 2.45) is 11.6 Å².